The van der Waals surface area contributed by atoms with E-state index in [4.69, 9.17) is 4.74 Å². The molecule has 2 aromatic rings. The Balaban J connectivity index is 2.28. The molecule has 17 heavy (non-hydrogen) atoms. The molecule has 0 amide bonds. The second-order valence-electron chi connectivity index (χ2n) is 5.29. The van der Waals surface area contributed by atoms with Crippen LogP contribution in [0.25, 0.3) is 10.8 Å². The van der Waals surface area contributed by atoms with Gasteiger partial charge in [0.15, 0.2) is 0 Å². The topological polar surface area (TPSA) is 29.5 Å². The van der Waals surface area contributed by atoms with Gasteiger partial charge in [0, 0.05) is 10.8 Å². The number of phenols is 1. The Kier molecular flexibility index (Phi) is 2.09. The molecule has 0 atom stereocenters. The van der Waals surface area contributed by atoms with E-state index in [-0.39, 0.29) is 5.60 Å². The van der Waals surface area contributed by atoms with E-state index in [0.29, 0.717) is 5.75 Å². The van der Waals surface area contributed by atoms with Gasteiger partial charge < -0.3 is 9.84 Å². The molecule has 1 heterocycles. The van der Waals surface area contributed by atoms with Crippen molar-refractivity contribution in [2.75, 3.05) is 0 Å². The molecule has 1 aliphatic rings. The fourth-order valence-electron chi connectivity index (χ4n) is 2.44. The zero-order valence-electron chi connectivity index (χ0n) is 10.2. The summed E-state index contributed by atoms with van der Waals surface area (Å²) in [6.07, 6.45) is 2.07. The number of aryl methyl sites for hydroxylation is 1. The largest absolute Gasteiger partial charge is 0.507 e. The van der Waals surface area contributed by atoms with Crippen LogP contribution in [0.3, 0.4) is 0 Å². The van der Waals surface area contributed by atoms with E-state index < -0.39 is 0 Å². The van der Waals surface area contributed by atoms with Crippen molar-refractivity contribution >= 4 is 10.8 Å². The molecule has 0 fully saturated rings. The quantitative estimate of drug-likeness (QED) is 0.745. The van der Waals surface area contributed by atoms with Crippen molar-refractivity contribution in [2.45, 2.75) is 32.3 Å². The normalized spacial score (nSPS) is 17.5. The van der Waals surface area contributed by atoms with Crippen molar-refractivity contribution in [1.29, 1.82) is 0 Å². The summed E-state index contributed by atoms with van der Waals surface area (Å²) in [6, 6.07) is 9.62. The second-order valence-corrected chi connectivity index (χ2v) is 5.29. The van der Waals surface area contributed by atoms with E-state index >= 15 is 0 Å². The third-order valence-corrected chi connectivity index (χ3v) is 3.45. The summed E-state index contributed by atoms with van der Waals surface area (Å²) in [4.78, 5) is 0. The van der Waals surface area contributed by atoms with Crippen molar-refractivity contribution in [3.8, 4) is 11.5 Å². The second kappa shape index (κ2) is 3.39. The Morgan fingerprint density at radius 3 is 2.76 bits per heavy atom. The number of rotatable bonds is 0. The monoisotopic (exact) mass is 228 g/mol. The number of fused-ring (bicyclic) bond motifs is 3. The van der Waals surface area contributed by atoms with E-state index in [0.717, 1.165) is 29.4 Å². The van der Waals surface area contributed by atoms with Crippen LogP contribution in [0.15, 0.2) is 30.3 Å². The van der Waals surface area contributed by atoms with Gasteiger partial charge in [-0.2, -0.15) is 0 Å². The molecule has 2 nitrogen and oxygen atoms in total. The molecule has 0 saturated carbocycles. The molecule has 0 saturated heterocycles. The molecule has 2 aromatic carbocycles. The first kappa shape index (κ1) is 10.5. The van der Waals surface area contributed by atoms with Crippen LogP contribution in [-0.2, 0) is 6.42 Å². The molecule has 3 rings (SSSR count). The minimum atomic E-state index is -0.118. The number of aromatic hydroxyl groups is 1. The maximum absolute atomic E-state index is 9.85. The lowest BCUT2D eigenvalue weighted by atomic mass is 9.92. The third kappa shape index (κ3) is 1.64. The van der Waals surface area contributed by atoms with Gasteiger partial charge in [-0.15, -0.1) is 0 Å². The summed E-state index contributed by atoms with van der Waals surface area (Å²) in [6.45, 7) is 4.22. The van der Waals surface area contributed by atoms with Crippen molar-refractivity contribution in [1.82, 2.24) is 0 Å². The van der Waals surface area contributed by atoms with E-state index in [2.05, 4.69) is 19.9 Å². The highest BCUT2D eigenvalue weighted by molar-refractivity contribution is 5.94. The van der Waals surface area contributed by atoms with Gasteiger partial charge in [0.2, 0.25) is 0 Å². The Hall–Kier alpha value is -1.70. The lowest BCUT2D eigenvalue weighted by Crippen LogP contribution is -2.32. The van der Waals surface area contributed by atoms with Crippen LogP contribution in [0.5, 0.6) is 11.5 Å². The molecular weight excluding hydrogens is 212 g/mol. The van der Waals surface area contributed by atoms with E-state index in [9.17, 15) is 5.11 Å². The van der Waals surface area contributed by atoms with Crippen molar-refractivity contribution < 1.29 is 9.84 Å². The first-order valence-corrected chi connectivity index (χ1v) is 5.99. The van der Waals surface area contributed by atoms with Crippen LogP contribution in [0.2, 0.25) is 0 Å². The van der Waals surface area contributed by atoms with Crippen LogP contribution in [0.1, 0.15) is 25.8 Å². The zero-order valence-corrected chi connectivity index (χ0v) is 10.2. The predicted octanol–water partition coefficient (Wildman–Crippen LogP) is 3.65. The van der Waals surface area contributed by atoms with Gasteiger partial charge in [-0.1, -0.05) is 24.3 Å². The standard InChI is InChI=1S/C15H16O2/c1-15(2)9-8-10-6-7-11-12(14(10)17-15)4-3-5-13(11)16/h3-7,16H,8-9H2,1-2H3. The van der Waals surface area contributed by atoms with Gasteiger partial charge in [0.25, 0.3) is 0 Å². The Labute approximate surface area is 101 Å². The summed E-state index contributed by atoms with van der Waals surface area (Å²) in [5.74, 6) is 1.26. The first-order chi connectivity index (χ1) is 8.07. The van der Waals surface area contributed by atoms with Crippen LogP contribution in [-0.4, -0.2) is 10.7 Å². The zero-order chi connectivity index (χ0) is 12.0. The summed E-state index contributed by atoms with van der Waals surface area (Å²) in [5, 5.41) is 11.7. The molecule has 1 N–H and O–H groups in total. The van der Waals surface area contributed by atoms with E-state index in [1.54, 1.807) is 6.07 Å². The molecule has 0 radical (unpaired) electrons. The lowest BCUT2D eigenvalue weighted by molar-refractivity contribution is 0.0868. The van der Waals surface area contributed by atoms with Gasteiger partial charge in [0.05, 0.1) is 0 Å². The lowest BCUT2D eigenvalue weighted by Gasteiger charge is -2.33. The molecule has 0 aromatic heterocycles. The molecule has 1 aliphatic heterocycles. The van der Waals surface area contributed by atoms with Crippen molar-refractivity contribution in [3.05, 3.63) is 35.9 Å². The molecule has 2 heteroatoms. The van der Waals surface area contributed by atoms with Gasteiger partial charge in [-0.05, 0) is 38.3 Å². The van der Waals surface area contributed by atoms with Crippen LogP contribution in [0, 0.1) is 0 Å². The van der Waals surface area contributed by atoms with Gasteiger partial charge in [0.1, 0.15) is 17.1 Å². The van der Waals surface area contributed by atoms with Gasteiger partial charge in [-0.3, -0.25) is 0 Å². The predicted molar refractivity (Wildman–Crippen MR) is 68.6 cm³/mol. The highest BCUT2D eigenvalue weighted by Crippen LogP contribution is 2.40. The number of benzene rings is 2. The first-order valence-electron chi connectivity index (χ1n) is 5.99. The molecule has 0 unspecified atom stereocenters. The van der Waals surface area contributed by atoms with Crippen molar-refractivity contribution in [3.63, 3.8) is 0 Å². The maximum atomic E-state index is 9.85. The number of hydrogen-bond acceptors (Lipinski definition) is 2. The summed E-state index contributed by atoms with van der Waals surface area (Å²) in [7, 11) is 0. The molecular formula is C15H16O2. The van der Waals surface area contributed by atoms with E-state index in [1.165, 1.54) is 5.56 Å². The SMILES string of the molecule is CC1(C)CCc2ccc3c(O)cccc3c2O1. The van der Waals surface area contributed by atoms with Crippen LogP contribution < -0.4 is 4.74 Å². The van der Waals surface area contributed by atoms with Crippen LogP contribution >= 0.6 is 0 Å². The van der Waals surface area contributed by atoms with Crippen molar-refractivity contribution in [2.24, 2.45) is 0 Å². The van der Waals surface area contributed by atoms with E-state index in [1.807, 2.05) is 18.2 Å². The number of ether oxygens (including phenoxy) is 1. The molecule has 0 bridgehead atoms. The number of phenolic OH excluding ortho intramolecular Hbond substituents is 1. The average Bonchev–Trinajstić information content (AvgIpc) is 2.28. The average molecular weight is 228 g/mol. The smallest absolute Gasteiger partial charge is 0.131 e. The highest BCUT2D eigenvalue weighted by atomic mass is 16.5. The highest BCUT2D eigenvalue weighted by Gasteiger charge is 2.27. The molecule has 0 spiro atoms. The molecule has 0 aliphatic carbocycles. The van der Waals surface area contributed by atoms with Gasteiger partial charge in [-0.25, -0.2) is 0 Å². The van der Waals surface area contributed by atoms with Gasteiger partial charge >= 0.3 is 0 Å². The summed E-state index contributed by atoms with van der Waals surface area (Å²) in [5.41, 5.74) is 1.12. The van der Waals surface area contributed by atoms with Crippen LogP contribution in [0.4, 0.5) is 0 Å². The minimum Gasteiger partial charge on any atom is -0.507 e. The third-order valence-electron chi connectivity index (χ3n) is 3.45. The number of hydrogen-bond donors (Lipinski definition) is 1. The Morgan fingerprint density at radius 1 is 1.12 bits per heavy atom. The fourth-order valence-corrected chi connectivity index (χ4v) is 2.44. The molecule has 88 valence electrons. The summed E-state index contributed by atoms with van der Waals surface area (Å²) >= 11 is 0. The fraction of sp³-hybridized carbons (Fsp3) is 0.333. The Bertz CT molecular complexity index is 585. The summed E-state index contributed by atoms with van der Waals surface area (Å²) < 4.78 is 6.08. The maximum Gasteiger partial charge on any atom is 0.131 e. The Morgan fingerprint density at radius 2 is 1.94 bits per heavy atom. The minimum absolute atomic E-state index is 0.118.